The summed E-state index contributed by atoms with van der Waals surface area (Å²) in [6.45, 7) is 7.03. The van der Waals surface area contributed by atoms with Crippen molar-refractivity contribution in [1.82, 2.24) is 5.32 Å². The van der Waals surface area contributed by atoms with Crippen molar-refractivity contribution in [3.63, 3.8) is 0 Å². The lowest BCUT2D eigenvalue weighted by molar-refractivity contribution is -0.167. The van der Waals surface area contributed by atoms with Gasteiger partial charge in [-0.15, -0.1) is 0 Å². The molecular weight excluding hydrogens is 202 g/mol. The number of esters is 1. The van der Waals surface area contributed by atoms with E-state index >= 15 is 0 Å². The second kappa shape index (κ2) is 4.02. The van der Waals surface area contributed by atoms with Gasteiger partial charge in [0.15, 0.2) is 0 Å². The minimum Gasteiger partial charge on any atom is -0.466 e. The first-order valence-electron chi connectivity index (χ1n) is 6.36. The number of hydrogen-bond acceptors (Lipinski definition) is 3. The molecule has 92 valence electrons. The lowest BCUT2D eigenvalue weighted by Crippen LogP contribution is -2.63. The Balaban J connectivity index is 2.10. The van der Waals surface area contributed by atoms with Crippen molar-refractivity contribution in [2.75, 3.05) is 13.7 Å². The minimum absolute atomic E-state index is 0.00736. The van der Waals surface area contributed by atoms with Crippen LogP contribution < -0.4 is 5.32 Å². The van der Waals surface area contributed by atoms with Gasteiger partial charge in [-0.25, -0.2) is 0 Å². The van der Waals surface area contributed by atoms with Gasteiger partial charge in [0.2, 0.25) is 0 Å². The molecule has 0 radical (unpaired) electrons. The van der Waals surface area contributed by atoms with Crippen LogP contribution in [-0.4, -0.2) is 25.7 Å². The van der Waals surface area contributed by atoms with E-state index in [0.717, 1.165) is 6.42 Å². The van der Waals surface area contributed by atoms with Gasteiger partial charge in [-0.1, -0.05) is 13.8 Å². The van der Waals surface area contributed by atoms with Gasteiger partial charge in [-0.2, -0.15) is 0 Å². The molecule has 0 saturated heterocycles. The Hall–Kier alpha value is -0.570. The van der Waals surface area contributed by atoms with Crippen molar-refractivity contribution in [1.29, 1.82) is 0 Å². The summed E-state index contributed by atoms with van der Waals surface area (Å²) in [5, 5.41) is 3.34. The monoisotopic (exact) mass is 225 g/mol. The minimum atomic E-state index is -0.00736. The van der Waals surface area contributed by atoms with Crippen molar-refractivity contribution in [3.05, 3.63) is 0 Å². The molecule has 16 heavy (non-hydrogen) atoms. The lowest BCUT2D eigenvalue weighted by Gasteiger charge is -2.61. The highest BCUT2D eigenvalue weighted by molar-refractivity contribution is 5.74. The summed E-state index contributed by atoms with van der Waals surface area (Å²) >= 11 is 0. The first-order chi connectivity index (χ1) is 7.52. The molecule has 0 aliphatic heterocycles. The van der Waals surface area contributed by atoms with Gasteiger partial charge in [0.05, 0.1) is 12.5 Å². The summed E-state index contributed by atoms with van der Waals surface area (Å²) in [6, 6.07) is 0.305. The third-order valence-electron chi connectivity index (χ3n) is 4.87. The maximum Gasteiger partial charge on any atom is 0.310 e. The van der Waals surface area contributed by atoms with Crippen LogP contribution in [0.5, 0.6) is 0 Å². The summed E-state index contributed by atoms with van der Waals surface area (Å²) in [7, 11) is 1.96. The summed E-state index contributed by atoms with van der Waals surface area (Å²) in [5.41, 5.74) is 0.399. The Kier molecular flexibility index (Phi) is 2.99. The molecule has 0 aromatic rings. The standard InChI is InChI=1S/C13H23NO2/c1-5-16-12(15)9-6-8-7-10(11(9)14-4)13(8,2)3/h8-11,14H,5-7H2,1-4H3/t8-,9-,10-,11-/m0/s1. The van der Waals surface area contributed by atoms with E-state index in [1.54, 1.807) is 0 Å². The Labute approximate surface area is 97.9 Å². The van der Waals surface area contributed by atoms with Crippen LogP contribution in [0.4, 0.5) is 0 Å². The number of hydrogen-bond donors (Lipinski definition) is 1. The summed E-state index contributed by atoms with van der Waals surface area (Å²) in [4.78, 5) is 11.9. The van der Waals surface area contributed by atoms with Gasteiger partial charge >= 0.3 is 5.97 Å². The topological polar surface area (TPSA) is 38.3 Å². The third-order valence-corrected chi connectivity index (χ3v) is 4.87. The SMILES string of the molecule is CCOC(=O)[C@H]1C[C@H]2C[C@@H]([C@H]1NC)C2(C)C. The first kappa shape index (κ1) is 11.9. The Bertz CT molecular complexity index is 288. The van der Waals surface area contributed by atoms with Crippen molar-refractivity contribution in [2.24, 2.45) is 23.2 Å². The van der Waals surface area contributed by atoms with Crippen molar-refractivity contribution < 1.29 is 9.53 Å². The summed E-state index contributed by atoms with van der Waals surface area (Å²) < 4.78 is 5.17. The molecule has 0 aromatic carbocycles. The van der Waals surface area contributed by atoms with Crippen molar-refractivity contribution in [3.8, 4) is 0 Å². The second-order valence-corrected chi connectivity index (χ2v) is 5.77. The van der Waals surface area contributed by atoms with Crippen LogP contribution in [0.1, 0.15) is 33.6 Å². The number of nitrogens with one attached hydrogen (secondary N) is 1. The molecule has 0 aromatic heterocycles. The normalized spacial score (nSPS) is 40.0. The van der Waals surface area contributed by atoms with Crippen LogP contribution in [0.2, 0.25) is 0 Å². The molecule has 0 amide bonds. The number of carbonyl (C=O) groups is 1. The first-order valence-corrected chi connectivity index (χ1v) is 6.36. The van der Waals surface area contributed by atoms with Crippen LogP contribution in [0.25, 0.3) is 0 Å². The number of fused-ring (bicyclic) bond motifs is 2. The number of carbonyl (C=O) groups excluding carboxylic acids is 1. The molecule has 3 heteroatoms. The van der Waals surface area contributed by atoms with Crippen LogP contribution >= 0.6 is 0 Å². The van der Waals surface area contributed by atoms with E-state index < -0.39 is 0 Å². The van der Waals surface area contributed by atoms with Gasteiger partial charge in [0.25, 0.3) is 0 Å². The predicted octanol–water partition coefficient (Wildman–Crippen LogP) is 1.82. The van der Waals surface area contributed by atoms with E-state index in [-0.39, 0.29) is 11.9 Å². The molecule has 1 N–H and O–H groups in total. The van der Waals surface area contributed by atoms with Crippen molar-refractivity contribution in [2.45, 2.75) is 39.7 Å². The molecule has 3 fully saturated rings. The molecule has 2 bridgehead atoms. The quantitative estimate of drug-likeness (QED) is 0.745. The van der Waals surface area contributed by atoms with E-state index in [0.29, 0.717) is 29.9 Å². The average Bonchev–Trinajstić information content (AvgIpc) is 2.28. The van der Waals surface area contributed by atoms with Crippen LogP contribution in [-0.2, 0) is 9.53 Å². The maximum absolute atomic E-state index is 11.9. The fraction of sp³-hybridized carbons (Fsp3) is 0.923. The van der Waals surface area contributed by atoms with E-state index in [1.807, 2.05) is 14.0 Å². The zero-order valence-corrected chi connectivity index (χ0v) is 10.7. The Morgan fingerprint density at radius 2 is 2.12 bits per heavy atom. The largest absolute Gasteiger partial charge is 0.466 e. The van der Waals surface area contributed by atoms with E-state index in [4.69, 9.17) is 4.74 Å². The molecule has 3 rings (SSSR count). The molecule has 0 spiro atoms. The summed E-state index contributed by atoms with van der Waals surface area (Å²) in [6.07, 6.45) is 2.27. The number of ether oxygens (including phenoxy) is 1. The smallest absolute Gasteiger partial charge is 0.310 e. The average molecular weight is 225 g/mol. The van der Waals surface area contributed by atoms with E-state index in [2.05, 4.69) is 19.2 Å². The Morgan fingerprint density at radius 1 is 1.44 bits per heavy atom. The lowest BCUT2D eigenvalue weighted by atomic mass is 9.45. The van der Waals surface area contributed by atoms with Gasteiger partial charge in [0, 0.05) is 6.04 Å². The van der Waals surface area contributed by atoms with Gasteiger partial charge in [-0.05, 0) is 44.1 Å². The van der Waals surface area contributed by atoms with Crippen LogP contribution in [0, 0.1) is 23.2 Å². The van der Waals surface area contributed by atoms with Crippen LogP contribution in [0.3, 0.4) is 0 Å². The molecular formula is C13H23NO2. The van der Waals surface area contributed by atoms with E-state index in [1.165, 1.54) is 6.42 Å². The molecule has 3 nitrogen and oxygen atoms in total. The fourth-order valence-electron chi connectivity index (χ4n) is 3.69. The van der Waals surface area contributed by atoms with Gasteiger partial charge < -0.3 is 10.1 Å². The highest BCUT2D eigenvalue weighted by Crippen LogP contribution is 2.60. The zero-order valence-electron chi connectivity index (χ0n) is 10.7. The molecule has 3 aliphatic carbocycles. The highest BCUT2D eigenvalue weighted by atomic mass is 16.5. The zero-order chi connectivity index (χ0) is 11.9. The van der Waals surface area contributed by atoms with Gasteiger partial charge in [-0.3, -0.25) is 4.79 Å². The third kappa shape index (κ3) is 1.56. The fourth-order valence-corrected chi connectivity index (χ4v) is 3.69. The van der Waals surface area contributed by atoms with E-state index in [9.17, 15) is 4.79 Å². The van der Waals surface area contributed by atoms with Crippen LogP contribution in [0.15, 0.2) is 0 Å². The molecule has 3 saturated carbocycles. The highest BCUT2D eigenvalue weighted by Gasteiger charge is 2.59. The number of rotatable bonds is 3. The Morgan fingerprint density at radius 3 is 2.62 bits per heavy atom. The molecule has 3 aliphatic rings. The maximum atomic E-state index is 11.9. The second-order valence-electron chi connectivity index (χ2n) is 5.77. The molecule has 0 heterocycles. The van der Waals surface area contributed by atoms with Gasteiger partial charge in [0.1, 0.15) is 0 Å². The summed E-state index contributed by atoms with van der Waals surface area (Å²) in [5.74, 6) is 1.40. The molecule has 4 atom stereocenters. The molecule has 0 unspecified atom stereocenters. The van der Waals surface area contributed by atoms with Crippen molar-refractivity contribution >= 4 is 5.97 Å². The predicted molar refractivity (Wildman–Crippen MR) is 63.0 cm³/mol.